The molecule has 1 aromatic heterocycles. The highest BCUT2D eigenvalue weighted by atomic mass is 31.2. The second-order valence-electron chi connectivity index (χ2n) is 9.70. The monoisotopic (exact) mass is 601 g/mol. The van der Waals surface area contributed by atoms with Gasteiger partial charge in [0.2, 0.25) is 0 Å². The number of nitrogens with two attached hydrogens (primary N) is 1. The summed E-state index contributed by atoms with van der Waals surface area (Å²) in [5.41, 5.74) is 1.05. The Morgan fingerprint density at radius 3 is 2.08 bits per heavy atom. The van der Waals surface area contributed by atoms with Crippen LogP contribution in [0.5, 0.6) is 0 Å². The number of anilines is 1. The summed E-state index contributed by atoms with van der Waals surface area (Å²) in [5.74, 6) is -2.01. The zero-order valence-electron chi connectivity index (χ0n) is 22.7. The van der Waals surface area contributed by atoms with Crippen LogP contribution in [0.15, 0.2) is 17.1 Å². The Morgan fingerprint density at radius 1 is 1.15 bits per heavy atom. The zero-order valence-corrected chi connectivity index (χ0v) is 23.6. The number of hydrogen-bond donors (Lipinski definition) is 4. The summed E-state index contributed by atoms with van der Waals surface area (Å²) in [6, 6.07) is -1.62. The van der Waals surface area contributed by atoms with Crippen molar-refractivity contribution in [3.8, 4) is 0 Å². The zero-order chi connectivity index (χ0) is 30.6. The Balaban J connectivity index is 2.38. The number of nitrogen functional groups attached to an aromatic ring is 1. The fourth-order valence-electron chi connectivity index (χ4n) is 3.57. The van der Waals surface area contributed by atoms with Gasteiger partial charge in [0.1, 0.15) is 24.0 Å². The molecule has 18 heteroatoms. The largest absolute Gasteiger partial charge is 0.462 e. The SMILES string of the molecule is CC(C)OC(=O)C(C)NP(=O)(NC(C)C(=O)OC(C)C)OCC1(C(F)F)OC(n2ccc(N)nc2=O)C(O)C1F. The van der Waals surface area contributed by atoms with Crippen molar-refractivity contribution >= 4 is 25.4 Å². The van der Waals surface area contributed by atoms with Crippen LogP contribution >= 0.6 is 7.67 Å². The minimum atomic E-state index is -4.68. The number of nitrogens with zero attached hydrogens (tertiary/aromatic N) is 2. The highest BCUT2D eigenvalue weighted by Crippen LogP contribution is 2.47. The Labute approximate surface area is 228 Å². The molecule has 0 aromatic carbocycles. The summed E-state index contributed by atoms with van der Waals surface area (Å²) in [6.45, 7) is 7.20. The summed E-state index contributed by atoms with van der Waals surface area (Å²) in [5, 5.41) is 14.9. The first-order valence-electron chi connectivity index (χ1n) is 12.3. The number of carbonyl (C=O) groups is 2. The third kappa shape index (κ3) is 8.01. The predicted octanol–water partition coefficient (Wildman–Crippen LogP) is 1.04. The molecule has 0 radical (unpaired) electrons. The number of nitrogens with one attached hydrogen (secondary N) is 2. The number of aliphatic hydroxyl groups is 1. The molecule has 5 N–H and O–H groups in total. The molecule has 0 spiro atoms. The molecule has 2 rings (SSSR count). The molecule has 6 atom stereocenters. The van der Waals surface area contributed by atoms with Crippen molar-refractivity contribution in [1.82, 2.24) is 19.7 Å². The fraction of sp³-hybridized carbons (Fsp3) is 0.727. The van der Waals surface area contributed by atoms with Crippen molar-refractivity contribution in [2.45, 2.75) is 96.4 Å². The lowest BCUT2D eigenvalue weighted by Gasteiger charge is -2.33. The van der Waals surface area contributed by atoms with E-state index in [1.165, 1.54) is 13.8 Å². The molecule has 40 heavy (non-hydrogen) atoms. The van der Waals surface area contributed by atoms with Crippen LogP contribution in [0.1, 0.15) is 47.8 Å². The van der Waals surface area contributed by atoms with E-state index in [4.69, 9.17) is 24.5 Å². The predicted molar refractivity (Wildman–Crippen MR) is 134 cm³/mol. The number of rotatable bonds is 13. The van der Waals surface area contributed by atoms with Gasteiger partial charge < -0.3 is 29.6 Å². The summed E-state index contributed by atoms with van der Waals surface area (Å²) >= 11 is 0. The van der Waals surface area contributed by atoms with Crippen molar-refractivity contribution in [2.24, 2.45) is 0 Å². The standard InChI is InChI=1S/C22H35F3N5O9P/c1-10(2)37-18(32)12(5)28-40(35,29-13(6)19(33)38-11(3)4)36-9-22(20(24)25)16(23)15(31)17(39-22)30-8-7-14(26)27-21(30)34/h7-8,10-13,15-17,20,31H,9H2,1-6H3,(H2,26,27,34)(H2,28,29,35). The Kier molecular flexibility index (Phi) is 11.3. The molecule has 228 valence electrons. The number of halogens is 3. The maximum absolute atomic E-state index is 15.3. The summed E-state index contributed by atoms with van der Waals surface area (Å²) in [4.78, 5) is 40.2. The summed E-state index contributed by atoms with van der Waals surface area (Å²) < 4.78 is 78.8. The topological polar surface area (TPSA) is 193 Å². The molecular weight excluding hydrogens is 566 g/mol. The third-order valence-corrected chi connectivity index (χ3v) is 7.45. The number of hydrogen-bond acceptors (Lipinski definition) is 11. The molecule has 2 heterocycles. The van der Waals surface area contributed by atoms with Gasteiger partial charge in [0.25, 0.3) is 6.43 Å². The van der Waals surface area contributed by atoms with E-state index in [9.17, 15) is 32.8 Å². The van der Waals surface area contributed by atoms with E-state index in [0.29, 0.717) is 4.57 Å². The fourth-order valence-corrected chi connectivity index (χ4v) is 5.41. The highest BCUT2D eigenvalue weighted by molar-refractivity contribution is 7.54. The number of aliphatic hydroxyl groups excluding tert-OH is 1. The van der Waals surface area contributed by atoms with Gasteiger partial charge in [-0.2, -0.15) is 4.98 Å². The average Bonchev–Trinajstić information content (AvgIpc) is 3.08. The van der Waals surface area contributed by atoms with Gasteiger partial charge >= 0.3 is 25.3 Å². The van der Waals surface area contributed by atoms with Crippen LogP contribution in [0, 0.1) is 0 Å². The molecule has 6 unspecified atom stereocenters. The second-order valence-corrected chi connectivity index (χ2v) is 11.6. The highest BCUT2D eigenvalue weighted by Gasteiger charge is 2.62. The van der Waals surface area contributed by atoms with E-state index < -0.39 is 86.7 Å². The van der Waals surface area contributed by atoms with Crippen molar-refractivity contribution in [3.63, 3.8) is 0 Å². The van der Waals surface area contributed by atoms with Crippen molar-refractivity contribution in [1.29, 1.82) is 0 Å². The normalized spacial score (nSPS) is 26.1. The molecule has 1 aliphatic heterocycles. The number of esters is 2. The maximum Gasteiger partial charge on any atom is 0.351 e. The maximum atomic E-state index is 15.3. The Hall–Kier alpha value is -2.56. The van der Waals surface area contributed by atoms with Gasteiger partial charge in [-0.3, -0.25) is 18.7 Å². The molecule has 0 amide bonds. The van der Waals surface area contributed by atoms with Gasteiger partial charge in [0.05, 0.1) is 18.8 Å². The molecule has 0 saturated carbocycles. The van der Waals surface area contributed by atoms with E-state index in [2.05, 4.69) is 15.2 Å². The lowest BCUT2D eigenvalue weighted by molar-refractivity contribution is -0.183. The summed E-state index contributed by atoms with van der Waals surface area (Å²) in [6.07, 6.45) is -11.0. The quantitative estimate of drug-likeness (QED) is 0.185. The van der Waals surface area contributed by atoms with Crippen LogP contribution in [0.25, 0.3) is 0 Å². The lowest BCUT2D eigenvalue weighted by Crippen LogP contribution is -2.52. The first-order chi connectivity index (χ1) is 18.4. The van der Waals surface area contributed by atoms with Crippen LogP contribution in [0.2, 0.25) is 0 Å². The summed E-state index contributed by atoms with van der Waals surface area (Å²) in [7, 11) is -4.68. The number of alkyl halides is 3. The van der Waals surface area contributed by atoms with E-state index >= 15 is 4.39 Å². The molecule has 1 saturated heterocycles. The lowest BCUT2D eigenvalue weighted by atomic mass is 9.98. The van der Waals surface area contributed by atoms with Crippen LogP contribution in [-0.2, 0) is 32.9 Å². The van der Waals surface area contributed by atoms with Gasteiger partial charge in [-0.05, 0) is 47.6 Å². The number of ether oxygens (including phenoxy) is 3. The van der Waals surface area contributed by atoms with Crippen LogP contribution < -0.4 is 21.6 Å². The van der Waals surface area contributed by atoms with Crippen LogP contribution in [0.3, 0.4) is 0 Å². The van der Waals surface area contributed by atoms with E-state index in [1.54, 1.807) is 27.7 Å². The number of aromatic nitrogens is 2. The number of carbonyl (C=O) groups excluding carboxylic acids is 2. The minimum Gasteiger partial charge on any atom is -0.462 e. The van der Waals surface area contributed by atoms with Gasteiger partial charge in [-0.15, -0.1) is 0 Å². The van der Waals surface area contributed by atoms with Crippen molar-refractivity contribution < 1.29 is 51.2 Å². The van der Waals surface area contributed by atoms with Gasteiger partial charge in [-0.25, -0.2) is 28.1 Å². The first kappa shape index (κ1) is 33.6. The molecule has 1 fully saturated rings. The Morgan fingerprint density at radius 2 is 1.65 bits per heavy atom. The first-order valence-corrected chi connectivity index (χ1v) is 13.9. The Bertz CT molecular complexity index is 1120. The van der Waals surface area contributed by atoms with Gasteiger partial charge in [-0.1, -0.05) is 0 Å². The molecule has 0 bridgehead atoms. The molecule has 1 aromatic rings. The smallest absolute Gasteiger partial charge is 0.351 e. The molecule has 14 nitrogen and oxygen atoms in total. The average molecular weight is 602 g/mol. The van der Waals surface area contributed by atoms with E-state index in [1.807, 2.05) is 0 Å². The van der Waals surface area contributed by atoms with Crippen LogP contribution in [0.4, 0.5) is 19.0 Å². The van der Waals surface area contributed by atoms with E-state index in [0.717, 1.165) is 12.3 Å². The van der Waals surface area contributed by atoms with Crippen molar-refractivity contribution in [3.05, 3.63) is 22.7 Å². The minimum absolute atomic E-state index is 0.220. The molecular formula is C22H35F3N5O9P. The third-order valence-electron chi connectivity index (χ3n) is 5.50. The van der Waals surface area contributed by atoms with Crippen molar-refractivity contribution in [2.75, 3.05) is 12.3 Å². The molecule has 1 aliphatic rings. The van der Waals surface area contributed by atoms with Gasteiger partial charge in [0, 0.05) is 6.20 Å². The van der Waals surface area contributed by atoms with E-state index in [-0.39, 0.29) is 5.82 Å². The van der Waals surface area contributed by atoms with Crippen LogP contribution in [-0.4, -0.2) is 81.8 Å². The van der Waals surface area contributed by atoms with Gasteiger partial charge in [0.15, 0.2) is 18.0 Å². The second kappa shape index (κ2) is 13.4. The molecule has 0 aliphatic carbocycles.